The van der Waals surface area contributed by atoms with Gasteiger partial charge in [-0.1, -0.05) is 27.2 Å². The summed E-state index contributed by atoms with van der Waals surface area (Å²) in [4.78, 5) is 0. The molecule has 1 saturated carbocycles. The maximum Gasteiger partial charge on any atom is 0.389 e. The number of hydrogen-bond donors (Lipinski definition) is 1. The van der Waals surface area contributed by atoms with Crippen molar-refractivity contribution in [1.82, 2.24) is 5.32 Å². The Morgan fingerprint density at radius 2 is 2.00 bits per heavy atom. The number of halogens is 3. The maximum absolute atomic E-state index is 12.4. The molecule has 2 atom stereocenters. The van der Waals surface area contributed by atoms with Crippen molar-refractivity contribution in [3.05, 3.63) is 0 Å². The largest absolute Gasteiger partial charge is 0.389 e. The average molecular weight is 265 g/mol. The zero-order valence-electron chi connectivity index (χ0n) is 11.7. The second-order valence-electron chi connectivity index (χ2n) is 6.20. The van der Waals surface area contributed by atoms with Crippen LogP contribution in [0.5, 0.6) is 0 Å². The maximum atomic E-state index is 12.4. The third-order valence-corrected chi connectivity index (χ3v) is 4.22. The molecule has 0 saturated heterocycles. The van der Waals surface area contributed by atoms with Gasteiger partial charge in [-0.05, 0) is 43.6 Å². The monoisotopic (exact) mass is 265 g/mol. The lowest BCUT2D eigenvalue weighted by Gasteiger charge is -2.35. The highest BCUT2D eigenvalue weighted by Gasteiger charge is 2.40. The fraction of sp³-hybridized carbons (Fsp3) is 1.00. The molecule has 0 aromatic heterocycles. The molecule has 108 valence electrons. The Bertz CT molecular complexity index is 248. The summed E-state index contributed by atoms with van der Waals surface area (Å²) < 4.78 is 37.2. The quantitative estimate of drug-likeness (QED) is 0.744. The molecule has 2 unspecified atom stereocenters. The molecule has 1 nitrogen and oxygen atoms in total. The lowest BCUT2D eigenvalue weighted by atomic mass is 9.76. The second-order valence-corrected chi connectivity index (χ2v) is 6.20. The van der Waals surface area contributed by atoms with Crippen molar-refractivity contribution >= 4 is 0 Å². The normalized spacial score (nSPS) is 25.3. The minimum Gasteiger partial charge on any atom is -0.314 e. The Balaban J connectivity index is 2.60. The standard InChI is InChI=1S/C14H26F3N/c1-4-10-18-12(7-9-14(15,16)17)11-6-5-8-13(11,2)3/h11-12,18H,4-10H2,1-3H3. The third kappa shape index (κ3) is 4.79. The molecule has 18 heavy (non-hydrogen) atoms. The molecule has 0 aromatic carbocycles. The van der Waals surface area contributed by atoms with E-state index in [1.54, 1.807) is 0 Å². The van der Waals surface area contributed by atoms with Crippen LogP contribution in [0.3, 0.4) is 0 Å². The van der Waals surface area contributed by atoms with Crippen molar-refractivity contribution in [2.75, 3.05) is 6.54 Å². The summed E-state index contributed by atoms with van der Waals surface area (Å²) >= 11 is 0. The van der Waals surface area contributed by atoms with E-state index in [0.717, 1.165) is 32.2 Å². The Morgan fingerprint density at radius 1 is 1.33 bits per heavy atom. The highest BCUT2D eigenvalue weighted by atomic mass is 19.4. The Kier molecular flexibility index (Phi) is 5.50. The molecule has 1 rings (SSSR count). The number of rotatable bonds is 6. The average Bonchev–Trinajstić information content (AvgIpc) is 2.57. The van der Waals surface area contributed by atoms with Gasteiger partial charge in [0.05, 0.1) is 0 Å². The van der Waals surface area contributed by atoms with Gasteiger partial charge in [-0.2, -0.15) is 13.2 Å². The molecule has 1 fully saturated rings. The van der Waals surface area contributed by atoms with Crippen molar-refractivity contribution in [3.8, 4) is 0 Å². The zero-order chi connectivity index (χ0) is 13.8. The van der Waals surface area contributed by atoms with E-state index in [4.69, 9.17) is 0 Å². The van der Waals surface area contributed by atoms with Crippen LogP contribution >= 0.6 is 0 Å². The van der Waals surface area contributed by atoms with Gasteiger partial charge in [0.1, 0.15) is 0 Å². The highest BCUT2D eigenvalue weighted by Crippen LogP contribution is 2.45. The van der Waals surface area contributed by atoms with Gasteiger partial charge in [-0.3, -0.25) is 0 Å². The Morgan fingerprint density at radius 3 is 2.44 bits per heavy atom. The first-order valence-corrected chi connectivity index (χ1v) is 7.06. The summed E-state index contributed by atoms with van der Waals surface area (Å²) in [7, 11) is 0. The van der Waals surface area contributed by atoms with Crippen LogP contribution in [-0.4, -0.2) is 18.8 Å². The Labute approximate surface area is 109 Å². The fourth-order valence-electron chi connectivity index (χ4n) is 3.19. The van der Waals surface area contributed by atoms with E-state index in [1.165, 1.54) is 0 Å². The summed E-state index contributed by atoms with van der Waals surface area (Å²) in [6.45, 7) is 7.25. The smallest absolute Gasteiger partial charge is 0.314 e. The van der Waals surface area contributed by atoms with Gasteiger partial charge in [0.15, 0.2) is 0 Å². The summed E-state index contributed by atoms with van der Waals surface area (Å²) in [5.41, 5.74) is 0.178. The van der Waals surface area contributed by atoms with E-state index in [1.807, 2.05) is 6.92 Å². The summed E-state index contributed by atoms with van der Waals surface area (Å²) in [6, 6.07) is 0.0177. The van der Waals surface area contributed by atoms with Gasteiger partial charge < -0.3 is 5.32 Å². The van der Waals surface area contributed by atoms with E-state index in [0.29, 0.717) is 5.92 Å². The predicted molar refractivity (Wildman–Crippen MR) is 68.5 cm³/mol. The molecule has 1 aliphatic carbocycles. The molecule has 4 heteroatoms. The van der Waals surface area contributed by atoms with Gasteiger partial charge in [0.2, 0.25) is 0 Å². The number of hydrogen-bond acceptors (Lipinski definition) is 1. The van der Waals surface area contributed by atoms with Gasteiger partial charge in [-0.25, -0.2) is 0 Å². The highest BCUT2D eigenvalue weighted by molar-refractivity contribution is 4.92. The van der Waals surface area contributed by atoms with Crippen molar-refractivity contribution in [2.45, 2.75) is 71.5 Å². The molecule has 0 aliphatic heterocycles. The summed E-state index contributed by atoms with van der Waals surface area (Å²) in [5.74, 6) is 0.381. The van der Waals surface area contributed by atoms with Crippen LogP contribution < -0.4 is 5.32 Å². The molecule has 0 radical (unpaired) electrons. The van der Waals surface area contributed by atoms with Gasteiger partial charge >= 0.3 is 6.18 Å². The van der Waals surface area contributed by atoms with Gasteiger partial charge in [0.25, 0.3) is 0 Å². The fourth-order valence-corrected chi connectivity index (χ4v) is 3.19. The van der Waals surface area contributed by atoms with Crippen molar-refractivity contribution in [1.29, 1.82) is 0 Å². The van der Waals surface area contributed by atoms with Crippen LogP contribution in [-0.2, 0) is 0 Å². The van der Waals surface area contributed by atoms with Gasteiger partial charge in [0, 0.05) is 12.5 Å². The topological polar surface area (TPSA) is 12.0 Å². The predicted octanol–water partition coefficient (Wildman–Crippen LogP) is 4.52. The van der Waals surface area contributed by atoms with Crippen molar-refractivity contribution < 1.29 is 13.2 Å². The molecule has 0 heterocycles. The molecule has 0 amide bonds. The summed E-state index contributed by atoms with van der Waals surface area (Å²) in [5, 5.41) is 3.34. The van der Waals surface area contributed by atoms with E-state index >= 15 is 0 Å². The van der Waals surface area contributed by atoms with Crippen molar-refractivity contribution in [2.24, 2.45) is 11.3 Å². The molecule has 1 N–H and O–H groups in total. The molecule has 0 spiro atoms. The second kappa shape index (κ2) is 6.27. The van der Waals surface area contributed by atoms with Crippen LogP contribution in [0.4, 0.5) is 13.2 Å². The third-order valence-electron chi connectivity index (χ3n) is 4.22. The van der Waals surface area contributed by atoms with E-state index < -0.39 is 12.6 Å². The van der Waals surface area contributed by atoms with E-state index in [-0.39, 0.29) is 17.9 Å². The van der Waals surface area contributed by atoms with Crippen molar-refractivity contribution in [3.63, 3.8) is 0 Å². The molecule has 0 aromatic rings. The molecule has 1 aliphatic rings. The number of alkyl halides is 3. The SMILES string of the molecule is CCCNC(CCC(F)(F)F)C1CCCC1(C)C. The molecule has 0 bridgehead atoms. The molecular formula is C14H26F3N. The minimum atomic E-state index is -4.03. The Hall–Kier alpha value is -0.250. The minimum absolute atomic E-state index is 0.0177. The first kappa shape index (κ1) is 15.8. The molecular weight excluding hydrogens is 239 g/mol. The van der Waals surface area contributed by atoms with E-state index in [9.17, 15) is 13.2 Å². The first-order valence-electron chi connectivity index (χ1n) is 7.06. The van der Waals surface area contributed by atoms with Crippen LogP contribution in [0.1, 0.15) is 59.3 Å². The lowest BCUT2D eigenvalue weighted by Crippen LogP contribution is -2.41. The van der Waals surface area contributed by atoms with Crippen LogP contribution in [0.15, 0.2) is 0 Å². The van der Waals surface area contributed by atoms with Crippen LogP contribution in [0.2, 0.25) is 0 Å². The number of nitrogens with one attached hydrogen (secondary N) is 1. The van der Waals surface area contributed by atoms with Gasteiger partial charge in [-0.15, -0.1) is 0 Å². The lowest BCUT2D eigenvalue weighted by molar-refractivity contribution is -0.137. The van der Waals surface area contributed by atoms with E-state index in [2.05, 4.69) is 19.2 Å². The summed E-state index contributed by atoms with van der Waals surface area (Å²) in [6.07, 6.45) is -0.169. The zero-order valence-corrected chi connectivity index (χ0v) is 11.7. The first-order chi connectivity index (χ1) is 8.26. The van der Waals surface area contributed by atoms with Crippen LogP contribution in [0, 0.1) is 11.3 Å². The van der Waals surface area contributed by atoms with Crippen LogP contribution in [0.25, 0.3) is 0 Å².